The average molecular weight is 299 g/mol. The van der Waals surface area contributed by atoms with E-state index in [1.54, 1.807) is 6.07 Å². The summed E-state index contributed by atoms with van der Waals surface area (Å²) in [5, 5.41) is 10.8. The molecule has 1 aromatic carbocycles. The van der Waals surface area contributed by atoms with Gasteiger partial charge in [-0.15, -0.1) is 0 Å². The smallest absolute Gasteiger partial charge is 0.169 e. The first-order chi connectivity index (χ1) is 9.72. The molecule has 21 heavy (non-hydrogen) atoms. The Morgan fingerprint density at radius 2 is 1.76 bits per heavy atom. The molecule has 1 N–H and O–H groups in total. The maximum Gasteiger partial charge on any atom is 0.169 e. The zero-order chi connectivity index (χ0) is 13.9. The van der Waals surface area contributed by atoms with Gasteiger partial charge in [-0.2, -0.15) is 0 Å². The molecule has 3 aromatic rings. The van der Waals surface area contributed by atoms with E-state index in [9.17, 15) is 5.11 Å². The molecule has 0 aliphatic heterocycles. The normalized spacial score (nSPS) is 10.7. The molecule has 0 bridgehead atoms. The molecule has 0 spiro atoms. The Balaban J connectivity index is 0.00000161. The molecule has 4 heteroatoms. The molecule has 106 valence electrons. The number of phenolic OH excluding ortho intramolecular Hbond substituents is 1. The molecule has 2 heterocycles. The van der Waals surface area contributed by atoms with Crippen molar-refractivity contribution in [1.29, 1.82) is 0 Å². The highest BCUT2D eigenvalue weighted by Crippen LogP contribution is 2.22. The van der Waals surface area contributed by atoms with Crippen LogP contribution in [0, 0.1) is 0 Å². The average Bonchev–Trinajstić information content (AvgIpc) is 2.47. The van der Waals surface area contributed by atoms with Gasteiger partial charge in [-0.1, -0.05) is 24.3 Å². The minimum atomic E-state index is 0. The summed E-state index contributed by atoms with van der Waals surface area (Å²) in [6.07, 6.45) is 7.95. The van der Waals surface area contributed by atoms with Crippen molar-refractivity contribution in [3.05, 3.63) is 66.1 Å². The van der Waals surface area contributed by atoms with E-state index in [4.69, 9.17) is 0 Å². The Kier molecular flexibility index (Phi) is 4.55. The number of fused-ring (bicyclic) bond motifs is 1. The van der Waals surface area contributed by atoms with E-state index in [-0.39, 0.29) is 18.2 Å². The molecule has 2 aromatic heterocycles. The van der Waals surface area contributed by atoms with Gasteiger partial charge < -0.3 is 17.5 Å². The Bertz CT molecular complexity index is 782. The minimum Gasteiger partial charge on any atom is -1.00 e. The molecule has 0 aliphatic carbocycles. The summed E-state index contributed by atoms with van der Waals surface area (Å²) >= 11 is 0. The van der Waals surface area contributed by atoms with Crippen molar-refractivity contribution >= 4 is 23.1 Å². The van der Waals surface area contributed by atoms with Crippen LogP contribution in [0.3, 0.4) is 0 Å². The lowest BCUT2D eigenvalue weighted by molar-refractivity contribution is -0.671. The Hall–Kier alpha value is -2.39. The standard InChI is InChI=1S/C17H14N2O.ClH/c1-19-11-9-13(10-12-19)5-7-15-8-6-14-3-2-4-16(20)17(14)18-15;/h2-12H,1H3;1H. The summed E-state index contributed by atoms with van der Waals surface area (Å²) in [4.78, 5) is 4.47. The summed E-state index contributed by atoms with van der Waals surface area (Å²) in [7, 11) is 1.99. The van der Waals surface area contributed by atoms with Crippen LogP contribution in [0.4, 0.5) is 0 Å². The van der Waals surface area contributed by atoms with Crippen molar-refractivity contribution < 1.29 is 22.1 Å². The second-order valence-corrected chi connectivity index (χ2v) is 4.72. The number of pyridine rings is 2. The van der Waals surface area contributed by atoms with Crippen LogP contribution in [0.15, 0.2) is 54.9 Å². The number of hydrogen-bond donors (Lipinski definition) is 1. The quantitative estimate of drug-likeness (QED) is 0.673. The zero-order valence-corrected chi connectivity index (χ0v) is 12.3. The van der Waals surface area contributed by atoms with Crippen LogP contribution in [0.2, 0.25) is 0 Å². The van der Waals surface area contributed by atoms with E-state index in [2.05, 4.69) is 4.98 Å². The molecule has 0 amide bonds. The van der Waals surface area contributed by atoms with Crippen LogP contribution in [0.5, 0.6) is 5.75 Å². The third-order valence-electron chi connectivity index (χ3n) is 3.17. The molecule has 0 saturated carbocycles. The Morgan fingerprint density at radius 1 is 1.00 bits per heavy atom. The number of phenols is 1. The molecule has 0 atom stereocenters. The van der Waals surface area contributed by atoms with Gasteiger partial charge in [0, 0.05) is 17.5 Å². The molecular weight excluding hydrogens is 284 g/mol. The Labute approximate surface area is 129 Å². The predicted octanol–water partition coefficient (Wildman–Crippen LogP) is -0.0607. The zero-order valence-electron chi connectivity index (χ0n) is 11.6. The third kappa shape index (κ3) is 3.38. The van der Waals surface area contributed by atoms with Crippen molar-refractivity contribution in [2.45, 2.75) is 0 Å². The van der Waals surface area contributed by atoms with E-state index < -0.39 is 0 Å². The second-order valence-electron chi connectivity index (χ2n) is 4.72. The van der Waals surface area contributed by atoms with Gasteiger partial charge in [-0.3, -0.25) is 0 Å². The van der Waals surface area contributed by atoms with E-state index in [0.717, 1.165) is 16.6 Å². The van der Waals surface area contributed by atoms with Crippen molar-refractivity contribution in [3.8, 4) is 5.75 Å². The van der Waals surface area contributed by atoms with Crippen molar-refractivity contribution in [3.63, 3.8) is 0 Å². The maximum atomic E-state index is 9.82. The first-order valence-electron chi connectivity index (χ1n) is 6.44. The number of aromatic nitrogens is 2. The molecule has 0 radical (unpaired) electrons. The highest BCUT2D eigenvalue weighted by atomic mass is 35.5. The van der Waals surface area contributed by atoms with E-state index in [1.165, 1.54) is 0 Å². The summed E-state index contributed by atoms with van der Waals surface area (Å²) in [5.74, 6) is 0.212. The minimum absolute atomic E-state index is 0. The summed E-state index contributed by atoms with van der Waals surface area (Å²) in [5.41, 5.74) is 2.57. The van der Waals surface area contributed by atoms with Crippen LogP contribution in [0.1, 0.15) is 11.3 Å². The molecular formula is C17H15ClN2O. The van der Waals surface area contributed by atoms with Gasteiger partial charge in [0.1, 0.15) is 18.3 Å². The van der Waals surface area contributed by atoms with Gasteiger partial charge in [0.05, 0.1) is 5.69 Å². The first kappa shape index (κ1) is 15.0. The fourth-order valence-corrected chi connectivity index (χ4v) is 2.04. The molecule has 0 unspecified atom stereocenters. The number of hydrogen-bond acceptors (Lipinski definition) is 2. The first-order valence-corrected chi connectivity index (χ1v) is 6.44. The van der Waals surface area contributed by atoms with Crippen LogP contribution < -0.4 is 17.0 Å². The lowest BCUT2D eigenvalue weighted by Crippen LogP contribution is -3.00. The summed E-state index contributed by atoms with van der Waals surface area (Å²) in [6, 6.07) is 13.4. The van der Waals surface area contributed by atoms with Crippen LogP contribution in [-0.2, 0) is 7.05 Å². The van der Waals surface area contributed by atoms with Crippen LogP contribution in [0.25, 0.3) is 23.1 Å². The van der Waals surface area contributed by atoms with Gasteiger partial charge in [-0.25, -0.2) is 9.55 Å². The van der Waals surface area contributed by atoms with Crippen LogP contribution in [-0.4, -0.2) is 10.1 Å². The number of para-hydroxylation sites is 1. The number of benzene rings is 1. The fourth-order valence-electron chi connectivity index (χ4n) is 2.04. The third-order valence-corrected chi connectivity index (χ3v) is 3.17. The van der Waals surface area contributed by atoms with Crippen molar-refractivity contribution in [2.75, 3.05) is 0 Å². The maximum absolute atomic E-state index is 9.82. The molecule has 0 fully saturated rings. The number of halogens is 1. The highest BCUT2D eigenvalue weighted by molar-refractivity contribution is 5.85. The van der Waals surface area contributed by atoms with E-state index >= 15 is 0 Å². The number of aromatic hydroxyl groups is 1. The van der Waals surface area contributed by atoms with Gasteiger partial charge >= 0.3 is 0 Å². The SMILES string of the molecule is C[n+]1ccc(/C=C/c2ccc3cccc(O)c3n2)cc1.[Cl-]. The van der Waals surface area contributed by atoms with E-state index in [0.29, 0.717) is 5.52 Å². The van der Waals surface area contributed by atoms with Crippen molar-refractivity contribution in [1.82, 2.24) is 4.98 Å². The number of aryl methyl sites for hydroxylation is 1. The van der Waals surface area contributed by atoms with Gasteiger partial charge in [0.25, 0.3) is 0 Å². The van der Waals surface area contributed by atoms with Crippen molar-refractivity contribution in [2.24, 2.45) is 7.05 Å². The molecule has 3 rings (SSSR count). The molecule has 3 nitrogen and oxygen atoms in total. The fraction of sp³-hybridized carbons (Fsp3) is 0.0588. The second kappa shape index (κ2) is 6.37. The summed E-state index contributed by atoms with van der Waals surface area (Å²) in [6.45, 7) is 0. The van der Waals surface area contributed by atoms with Gasteiger partial charge in [0.15, 0.2) is 12.4 Å². The van der Waals surface area contributed by atoms with E-state index in [1.807, 2.05) is 72.6 Å². The topological polar surface area (TPSA) is 37.0 Å². The van der Waals surface area contributed by atoms with Gasteiger partial charge in [0.2, 0.25) is 0 Å². The summed E-state index contributed by atoms with van der Waals surface area (Å²) < 4.78 is 1.99. The highest BCUT2D eigenvalue weighted by Gasteiger charge is 2.00. The Morgan fingerprint density at radius 3 is 2.52 bits per heavy atom. The molecule has 0 saturated heterocycles. The van der Waals surface area contributed by atoms with Crippen LogP contribution >= 0.6 is 0 Å². The molecule has 0 aliphatic rings. The van der Waals surface area contributed by atoms with Gasteiger partial charge in [-0.05, 0) is 23.8 Å². The number of rotatable bonds is 2. The number of nitrogens with zero attached hydrogens (tertiary/aromatic N) is 2. The predicted molar refractivity (Wildman–Crippen MR) is 80.0 cm³/mol. The lowest BCUT2D eigenvalue weighted by atomic mass is 10.1. The monoisotopic (exact) mass is 298 g/mol. The lowest BCUT2D eigenvalue weighted by Gasteiger charge is -2.01. The largest absolute Gasteiger partial charge is 1.00 e.